The zero-order valence-electron chi connectivity index (χ0n) is 8.16. The van der Waals surface area contributed by atoms with Crippen LogP contribution in [0.3, 0.4) is 0 Å². The first-order chi connectivity index (χ1) is 7.77. The first-order valence-corrected chi connectivity index (χ1v) is 4.51. The Morgan fingerprint density at radius 2 is 2.06 bits per heavy atom. The molecule has 0 radical (unpaired) electrons. The molecule has 2 rings (SSSR count). The lowest BCUT2D eigenvalue weighted by atomic mass is 10.1. The molecule has 6 heteroatoms. The van der Waals surface area contributed by atoms with Crippen LogP contribution in [0.1, 0.15) is 11.4 Å². The van der Waals surface area contributed by atoms with E-state index in [4.69, 9.17) is 5.11 Å². The third-order valence-electron chi connectivity index (χ3n) is 1.93. The highest BCUT2D eigenvalue weighted by molar-refractivity contribution is 6.19. The van der Waals surface area contributed by atoms with E-state index in [2.05, 4.69) is 20.6 Å². The molecule has 0 amide bonds. The molecule has 2 aromatic rings. The second-order valence-corrected chi connectivity index (χ2v) is 3.01. The molecule has 1 aromatic carbocycles. The fourth-order valence-corrected chi connectivity index (χ4v) is 1.21. The summed E-state index contributed by atoms with van der Waals surface area (Å²) < 4.78 is 0. The number of carbonyl (C=O) groups is 1. The maximum Gasteiger partial charge on any atom is 0.339 e. The Balaban J connectivity index is 2.42. The minimum absolute atomic E-state index is 0.0000463. The van der Waals surface area contributed by atoms with Gasteiger partial charge in [0.15, 0.2) is 0 Å². The number of rotatable bonds is 3. The smallest absolute Gasteiger partial charge is 0.339 e. The zero-order valence-corrected chi connectivity index (χ0v) is 8.16. The molecule has 0 saturated carbocycles. The Hall–Kier alpha value is -2.50. The van der Waals surface area contributed by atoms with E-state index >= 15 is 0 Å². The van der Waals surface area contributed by atoms with Crippen molar-refractivity contribution in [3.8, 4) is 0 Å². The second-order valence-electron chi connectivity index (χ2n) is 3.01. The molecular weight excluding hydrogens is 208 g/mol. The van der Waals surface area contributed by atoms with Crippen LogP contribution in [-0.2, 0) is 4.79 Å². The summed E-state index contributed by atoms with van der Waals surface area (Å²) >= 11 is 0. The molecule has 0 bridgehead atoms. The molecule has 0 aliphatic heterocycles. The summed E-state index contributed by atoms with van der Waals surface area (Å²) in [6.45, 7) is 0. The first kappa shape index (κ1) is 10.0. The van der Waals surface area contributed by atoms with Gasteiger partial charge in [0.05, 0.1) is 0 Å². The van der Waals surface area contributed by atoms with Crippen molar-refractivity contribution in [1.29, 1.82) is 0 Å². The van der Waals surface area contributed by atoms with Gasteiger partial charge < -0.3 is 5.11 Å². The highest BCUT2D eigenvalue weighted by Crippen LogP contribution is 2.13. The van der Waals surface area contributed by atoms with E-state index < -0.39 is 5.97 Å². The highest BCUT2D eigenvalue weighted by atomic mass is 16.4. The van der Waals surface area contributed by atoms with Crippen LogP contribution < -0.4 is 0 Å². The summed E-state index contributed by atoms with van der Waals surface area (Å²) in [5.74, 6) is -1.03. The zero-order chi connectivity index (χ0) is 11.4. The van der Waals surface area contributed by atoms with Crippen molar-refractivity contribution >= 4 is 17.6 Å². The summed E-state index contributed by atoms with van der Waals surface area (Å²) in [4.78, 5) is 11.0. The lowest BCUT2D eigenvalue weighted by molar-refractivity contribution is -0.130. The van der Waals surface area contributed by atoms with Crippen molar-refractivity contribution in [2.45, 2.75) is 0 Å². The molecule has 0 atom stereocenters. The normalized spacial score (nSPS) is 11.4. The van der Waals surface area contributed by atoms with E-state index in [1.165, 1.54) is 6.08 Å². The summed E-state index contributed by atoms with van der Waals surface area (Å²) in [6, 6.07) is 9.08. The minimum atomic E-state index is -1.09. The molecule has 0 aliphatic carbocycles. The average Bonchev–Trinajstić information content (AvgIpc) is 2.80. The van der Waals surface area contributed by atoms with Crippen molar-refractivity contribution in [2.24, 2.45) is 0 Å². The Bertz CT molecular complexity index is 505. The molecule has 16 heavy (non-hydrogen) atoms. The van der Waals surface area contributed by atoms with E-state index in [0.29, 0.717) is 0 Å². The SMILES string of the molecule is O=C(O)/C(=C\c1ccccc1)c1nn[nH]n1. The van der Waals surface area contributed by atoms with Gasteiger partial charge in [-0.3, -0.25) is 0 Å². The van der Waals surface area contributed by atoms with Gasteiger partial charge >= 0.3 is 5.97 Å². The van der Waals surface area contributed by atoms with Gasteiger partial charge in [0.1, 0.15) is 5.57 Å². The fourth-order valence-electron chi connectivity index (χ4n) is 1.21. The molecule has 6 nitrogen and oxygen atoms in total. The molecule has 2 N–H and O–H groups in total. The molecule has 0 aliphatic rings. The number of benzene rings is 1. The maximum absolute atomic E-state index is 11.0. The first-order valence-electron chi connectivity index (χ1n) is 4.51. The van der Waals surface area contributed by atoms with E-state index in [0.717, 1.165) is 5.56 Å². The van der Waals surface area contributed by atoms with Crippen molar-refractivity contribution in [2.75, 3.05) is 0 Å². The molecule has 1 aromatic heterocycles. The van der Waals surface area contributed by atoms with Gasteiger partial charge in [0.25, 0.3) is 0 Å². The standard InChI is InChI=1S/C10H8N4O2/c15-10(16)8(9-11-13-14-12-9)6-7-4-2-1-3-5-7/h1-6H,(H,15,16)(H,11,12,13,14)/b8-6-. The van der Waals surface area contributed by atoms with E-state index in [9.17, 15) is 4.79 Å². The van der Waals surface area contributed by atoms with Gasteiger partial charge in [0, 0.05) is 0 Å². The molecule has 1 heterocycles. The second kappa shape index (κ2) is 4.35. The topological polar surface area (TPSA) is 91.8 Å². The summed E-state index contributed by atoms with van der Waals surface area (Å²) in [5.41, 5.74) is 0.768. The number of carboxylic acids is 1. The van der Waals surface area contributed by atoms with Crippen LogP contribution in [0.5, 0.6) is 0 Å². The van der Waals surface area contributed by atoms with E-state index in [1.54, 1.807) is 12.1 Å². The number of aromatic nitrogens is 4. The number of H-pyrrole nitrogens is 1. The Morgan fingerprint density at radius 3 is 2.62 bits per heavy atom. The van der Waals surface area contributed by atoms with Gasteiger partial charge in [-0.1, -0.05) is 30.3 Å². The summed E-state index contributed by atoms with van der Waals surface area (Å²) in [5, 5.41) is 21.8. The van der Waals surface area contributed by atoms with Gasteiger partial charge in [0.2, 0.25) is 5.82 Å². The average molecular weight is 216 g/mol. The Morgan fingerprint density at radius 1 is 1.31 bits per heavy atom. The number of nitrogens with one attached hydrogen (secondary N) is 1. The Kier molecular flexibility index (Phi) is 2.73. The van der Waals surface area contributed by atoms with Crippen molar-refractivity contribution in [3.05, 3.63) is 41.7 Å². The van der Waals surface area contributed by atoms with Gasteiger partial charge in [-0.25, -0.2) is 4.79 Å². The van der Waals surface area contributed by atoms with Gasteiger partial charge in [-0.15, -0.1) is 10.2 Å². The van der Waals surface area contributed by atoms with Crippen LogP contribution in [0.25, 0.3) is 11.6 Å². The van der Waals surface area contributed by atoms with Crippen molar-refractivity contribution in [3.63, 3.8) is 0 Å². The predicted molar refractivity (Wildman–Crippen MR) is 56.1 cm³/mol. The number of hydrogen-bond acceptors (Lipinski definition) is 4. The number of tetrazole rings is 1. The molecule has 80 valence electrons. The molecule has 0 fully saturated rings. The third kappa shape index (κ3) is 2.11. The lowest BCUT2D eigenvalue weighted by Crippen LogP contribution is -2.01. The third-order valence-corrected chi connectivity index (χ3v) is 1.93. The maximum atomic E-state index is 11.0. The van der Waals surface area contributed by atoms with E-state index in [1.807, 2.05) is 18.2 Å². The highest BCUT2D eigenvalue weighted by Gasteiger charge is 2.14. The number of hydrogen-bond donors (Lipinski definition) is 2. The van der Waals surface area contributed by atoms with Crippen LogP contribution in [-0.4, -0.2) is 31.7 Å². The lowest BCUT2D eigenvalue weighted by Gasteiger charge is -1.96. The largest absolute Gasteiger partial charge is 0.478 e. The van der Waals surface area contributed by atoms with Crippen molar-refractivity contribution < 1.29 is 9.90 Å². The van der Waals surface area contributed by atoms with Crippen LogP contribution in [0, 0.1) is 0 Å². The Labute approximate surface area is 90.6 Å². The molecule has 0 spiro atoms. The minimum Gasteiger partial charge on any atom is -0.478 e. The van der Waals surface area contributed by atoms with Crippen LogP contribution in [0.2, 0.25) is 0 Å². The number of aromatic amines is 1. The predicted octanol–water partition coefficient (Wildman–Crippen LogP) is 0.825. The van der Waals surface area contributed by atoms with E-state index in [-0.39, 0.29) is 11.4 Å². The van der Waals surface area contributed by atoms with Crippen molar-refractivity contribution in [1.82, 2.24) is 20.6 Å². The number of nitrogens with zero attached hydrogens (tertiary/aromatic N) is 3. The number of carboxylic acid groups (broad SMARTS) is 1. The molecular formula is C10H8N4O2. The fraction of sp³-hybridized carbons (Fsp3) is 0. The van der Waals surface area contributed by atoms with Gasteiger partial charge in [-0.2, -0.15) is 5.21 Å². The summed E-state index contributed by atoms with van der Waals surface area (Å²) in [6.07, 6.45) is 1.49. The summed E-state index contributed by atoms with van der Waals surface area (Å²) in [7, 11) is 0. The van der Waals surface area contributed by atoms with Gasteiger partial charge in [-0.05, 0) is 16.9 Å². The quantitative estimate of drug-likeness (QED) is 0.741. The monoisotopic (exact) mass is 216 g/mol. The van der Waals surface area contributed by atoms with Crippen LogP contribution >= 0.6 is 0 Å². The molecule has 0 saturated heterocycles. The molecule has 0 unspecified atom stereocenters. The van der Waals surface area contributed by atoms with Crippen LogP contribution in [0.4, 0.5) is 0 Å². The van der Waals surface area contributed by atoms with Crippen LogP contribution in [0.15, 0.2) is 30.3 Å². The number of aliphatic carboxylic acids is 1.